The topological polar surface area (TPSA) is 50.7 Å². The number of hydrogen-bond acceptors (Lipinski definition) is 4. The summed E-state index contributed by atoms with van der Waals surface area (Å²) in [7, 11) is 0. The number of nitrogens with one attached hydrogen (secondary N) is 1. The van der Waals surface area contributed by atoms with E-state index in [0.717, 1.165) is 32.6 Å². The molecule has 1 fully saturated rings. The molecule has 0 aromatic heterocycles. The lowest BCUT2D eigenvalue weighted by Gasteiger charge is -2.14. The average molecular weight is 301 g/mol. The van der Waals surface area contributed by atoms with E-state index in [-0.39, 0.29) is 0 Å². The summed E-state index contributed by atoms with van der Waals surface area (Å²) in [6.07, 6.45) is 11.1. The molecule has 1 saturated heterocycles. The van der Waals surface area contributed by atoms with Crippen LogP contribution in [0.1, 0.15) is 64.7 Å². The van der Waals surface area contributed by atoms with Gasteiger partial charge in [0.1, 0.15) is 0 Å². The Kier molecular flexibility index (Phi) is 12.1. The Labute approximate surface area is 130 Å². The predicted molar refractivity (Wildman–Crippen MR) is 86.7 cm³/mol. The van der Waals surface area contributed by atoms with Crippen LogP contribution in [0, 0.1) is 0 Å². The van der Waals surface area contributed by atoms with Crippen molar-refractivity contribution in [2.45, 2.75) is 76.9 Å². The van der Waals surface area contributed by atoms with E-state index < -0.39 is 6.10 Å². The highest BCUT2D eigenvalue weighted by molar-refractivity contribution is 4.67. The van der Waals surface area contributed by atoms with Crippen molar-refractivity contribution in [3.8, 4) is 0 Å². The third kappa shape index (κ3) is 11.1. The number of aliphatic hydroxyl groups is 1. The lowest BCUT2D eigenvalue weighted by atomic mass is 10.1. The summed E-state index contributed by atoms with van der Waals surface area (Å²) in [4.78, 5) is 0. The number of ether oxygens (including phenoxy) is 2. The zero-order valence-corrected chi connectivity index (χ0v) is 13.8. The Morgan fingerprint density at radius 3 is 2.81 bits per heavy atom. The normalized spacial score (nSPS) is 20.0. The lowest BCUT2D eigenvalue weighted by Crippen LogP contribution is -2.32. The van der Waals surface area contributed by atoms with E-state index >= 15 is 0 Å². The van der Waals surface area contributed by atoms with Gasteiger partial charge in [0, 0.05) is 19.8 Å². The quantitative estimate of drug-likeness (QED) is 0.484. The minimum absolute atomic E-state index is 0.394. The molecule has 126 valence electrons. The van der Waals surface area contributed by atoms with Crippen LogP contribution < -0.4 is 5.32 Å². The molecule has 4 nitrogen and oxygen atoms in total. The van der Waals surface area contributed by atoms with Gasteiger partial charge in [-0.1, -0.05) is 39.0 Å². The van der Waals surface area contributed by atoms with E-state index in [1.165, 1.54) is 44.9 Å². The molecule has 2 N–H and O–H groups in total. The van der Waals surface area contributed by atoms with Gasteiger partial charge >= 0.3 is 0 Å². The fourth-order valence-corrected chi connectivity index (χ4v) is 2.67. The second kappa shape index (κ2) is 13.5. The molecule has 0 saturated carbocycles. The zero-order valence-electron chi connectivity index (χ0n) is 13.8. The van der Waals surface area contributed by atoms with Gasteiger partial charge in [-0.3, -0.25) is 0 Å². The first-order valence-electron chi connectivity index (χ1n) is 8.91. The maximum atomic E-state index is 9.80. The molecule has 2 unspecified atom stereocenters. The first-order valence-corrected chi connectivity index (χ1v) is 8.91. The molecule has 21 heavy (non-hydrogen) atoms. The predicted octanol–water partition coefficient (Wildman–Crippen LogP) is 2.88. The monoisotopic (exact) mass is 301 g/mol. The number of rotatable bonds is 14. The van der Waals surface area contributed by atoms with Gasteiger partial charge in [0.25, 0.3) is 0 Å². The van der Waals surface area contributed by atoms with Crippen molar-refractivity contribution >= 4 is 0 Å². The Balaban J connectivity index is 1.77. The maximum Gasteiger partial charge on any atom is 0.0897 e. The van der Waals surface area contributed by atoms with E-state index in [2.05, 4.69) is 12.2 Å². The van der Waals surface area contributed by atoms with Gasteiger partial charge in [-0.25, -0.2) is 0 Å². The lowest BCUT2D eigenvalue weighted by molar-refractivity contribution is 0.0347. The van der Waals surface area contributed by atoms with Crippen LogP contribution in [-0.2, 0) is 9.47 Å². The Bertz CT molecular complexity index is 220. The van der Waals surface area contributed by atoms with E-state index in [4.69, 9.17) is 9.47 Å². The molecule has 0 aliphatic carbocycles. The molecule has 1 heterocycles. The van der Waals surface area contributed by atoms with Crippen molar-refractivity contribution < 1.29 is 14.6 Å². The van der Waals surface area contributed by atoms with E-state index in [1.54, 1.807) is 0 Å². The van der Waals surface area contributed by atoms with Gasteiger partial charge in [-0.15, -0.1) is 0 Å². The highest BCUT2D eigenvalue weighted by Gasteiger charge is 2.14. The third-order valence-electron chi connectivity index (χ3n) is 4.00. The van der Waals surface area contributed by atoms with Crippen LogP contribution in [0.2, 0.25) is 0 Å². The summed E-state index contributed by atoms with van der Waals surface area (Å²) in [6.45, 7) is 5.91. The van der Waals surface area contributed by atoms with Crippen LogP contribution >= 0.6 is 0 Å². The van der Waals surface area contributed by atoms with Gasteiger partial charge < -0.3 is 19.9 Å². The van der Waals surface area contributed by atoms with Crippen LogP contribution in [0.5, 0.6) is 0 Å². The first-order chi connectivity index (χ1) is 10.3. The van der Waals surface area contributed by atoms with Gasteiger partial charge in [-0.05, 0) is 32.2 Å². The minimum atomic E-state index is -0.394. The van der Waals surface area contributed by atoms with Crippen molar-refractivity contribution in [3.63, 3.8) is 0 Å². The van der Waals surface area contributed by atoms with Crippen LogP contribution in [0.4, 0.5) is 0 Å². The van der Waals surface area contributed by atoms with Crippen molar-refractivity contribution in [1.29, 1.82) is 0 Å². The van der Waals surface area contributed by atoms with Crippen molar-refractivity contribution in [1.82, 2.24) is 5.32 Å². The van der Waals surface area contributed by atoms with Gasteiger partial charge in [0.15, 0.2) is 0 Å². The number of unbranched alkanes of at least 4 members (excludes halogenated alkanes) is 5. The molecule has 1 aliphatic rings. The number of aliphatic hydroxyl groups excluding tert-OH is 1. The molecule has 0 bridgehead atoms. The van der Waals surface area contributed by atoms with E-state index in [0.29, 0.717) is 19.3 Å². The summed E-state index contributed by atoms with van der Waals surface area (Å²) in [6, 6.07) is 0. The van der Waals surface area contributed by atoms with Gasteiger partial charge in [0.05, 0.1) is 18.8 Å². The molecule has 4 heteroatoms. The van der Waals surface area contributed by atoms with Crippen LogP contribution in [-0.4, -0.2) is 50.2 Å². The highest BCUT2D eigenvalue weighted by atomic mass is 16.5. The Hall–Kier alpha value is -0.160. The summed E-state index contributed by atoms with van der Waals surface area (Å²) in [5.74, 6) is 0. The fraction of sp³-hybridized carbons (Fsp3) is 1.00. The summed E-state index contributed by atoms with van der Waals surface area (Å²) in [5, 5.41) is 13.1. The molecular formula is C17H35NO3. The molecular weight excluding hydrogens is 266 g/mol. The first kappa shape index (κ1) is 18.9. The molecule has 0 aromatic carbocycles. The van der Waals surface area contributed by atoms with Crippen molar-refractivity contribution in [2.75, 3.05) is 32.9 Å². The second-order valence-corrected chi connectivity index (χ2v) is 6.12. The highest BCUT2D eigenvalue weighted by Crippen LogP contribution is 2.14. The smallest absolute Gasteiger partial charge is 0.0897 e. The van der Waals surface area contributed by atoms with Gasteiger partial charge in [0.2, 0.25) is 0 Å². The van der Waals surface area contributed by atoms with Crippen LogP contribution in [0.3, 0.4) is 0 Å². The number of hydrogen-bond donors (Lipinski definition) is 2. The summed E-state index contributed by atoms with van der Waals surface area (Å²) in [5.41, 5.74) is 0. The molecule has 0 aromatic rings. The third-order valence-corrected chi connectivity index (χ3v) is 4.00. The summed E-state index contributed by atoms with van der Waals surface area (Å²) < 4.78 is 11.1. The van der Waals surface area contributed by atoms with Crippen molar-refractivity contribution in [3.05, 3.63) is 0 Å². The zero-order chi connectivity index (χ0) is 15.2. The SMILES string of the molecule is CCCCCCCCOCC(O)CNCCC1CCCO1. The minimum Gasteiger partial charge on any atom is -0.389 e. The standard InChI is InChI=1S/C17H35NO3/c1-2-3-4-5-6-7-12-20-15-16(19)14-18-11-10-17-9-8-13-21-17/h16-19H,2-15H2,1H3. The second-order valence-electron chi connectivity index (χ2n) is 6.12. The average Bonchev–Trinajstić information content (AvgIpc) is 3.00. The molecule has 0 spiro atoms. The maximum absolute atomic E-state index is 9.80. The largest absolute Gasteiger partial charge is 0.389 e. The van der Waals surface area contributed by atoms with Crippen LogP contribution in [0.25, 0.3) is 0 Å². The van der Waals surface area contributed by atoms with Crippen molar-refractivity contribution in [2.24, 2.45) is 0 Å². The summed E-state index contributed by atoms with van der Waals surface area (Å²) >= 11 is 0. The van der Waals surface area contributed by atoms with E-state index in [1.807, 2.05) is 0 Å². The van der Waals surface area contributed by atoms with Crippen LogP contribution in [0.15, 0.2) is 0 Å². The Morgan fingerprint density at radius 2 is 2.05 bits per heavy atom. The van der Waals surface area contributed by atoms with E-state index in [9.17, 15) is 5.11 Å². The fourth-order valence-electron chi connectivity index (χ4n) is 2.67. The molecule has 0 amide bonds. The molecule has 2 atom stereocenters. The molecule has 1 rings (SSSR count). The Morgan fingerprint density at radius 1 is 1.24 bits per heavy atom. The molecule has 0 radical (unpaired) electrons. The van der Waals surface area contributed by atoms with Gasteiger partial charge in [-0.2, -0.15) is 0 Å². The molecule has 1 aliphatic heterocycles.